The van der Waals surface area contributed by atoms with Crippen LogP contribution < -0.4 is 0 Å². The lowest BCUT2D eigenvalue weighted by molar-refractivity contribution is -0.144. The Labute approximate surface area is 106 Å². The number of benzene rings is 1. The Balaban J connectivity index is 1.82. The van der Waals surface area contributed by atoms with Crippen LogP contribution in [0.25, 0.3) is 0 Å². The smallest absolute Gasteiger partial charge is 0.303 e. The van der Waals surface area contributed by atoms with Gasteiger partial charge >= 0.3 is 5.97 Å². The quantitative estimate of drug-likeness (QED) is 0.876. The van der Waals surface area contributed by atoms with Gasteiger partial charge in [0.05, 0.1) is 12.8 Å². The average Bonchev–Trinajstić information content (AvgIpc) is 2.22. The Morgan fingerprint density at radius 3 is 2.72 bits per heavy atom. The van der Waals surface area contributed by atoms with Gasteiger partial charge in [-0.05, 0) is 12.5 Å². The summed E-state index contributed by atoms with van der Waals surface area (Å²) in [5.41, 5.74) is 2.16. The summed E-state index contributed by atoms with van der Waals surface area (Å²) in [6.45, 7) is 3.16. The Morgan fingerprint density at radius 1 is 1.39 bits per heavy atom. The van der Waals surface area contributed by atoms with Gasteiger partial charge < -0.3 is 10.0 Å². The van der Waals surface area contributed by atoms with Crippen molar-refractivity contribution in [1.29, 1.82) is 0 Å². The van der Waals surface area contributed by atoms with Crippen LogP contribution in [0.3, 0.4) is 0 Å². The number of nitrogens with zero attached hydrogens (tertiary/aromatic N) is 1. The van der Waals surface area contributed by atoms with Crippen molar-refractivity contribution in [2.24, 2.45) is 5.92 Å². The standard InChI is InChI=1S/C14H17NO3/c1-10-3-2-4-11(5-10)6-13(16)15-8-12(9-15)7-14(17)18/h2-5,12H,6-9H2,1H3,(H,17,18). The van der Waals surface area contributed by atoms with Crippen molar-refractivity contribution >= 4 is 11.9 Å². The molecular weight excluding hydrogens is 230 g/mol. The summed E-state index contributed by atoms with van der Waals surface area (Å²) in [7, 11) is 0. The number of carbonyl (C=O) groups excluding carboxylic acids is 1. The van der Waals surface area contributed by atoms with E-state index in [0.717, 1.165) is 11.1 Å². The van der Waals surface area contributed by atoms with E-state index in [1.807, 2.05) is 31.2 Å². The first-order valence-electron chi connectivity index (χ1n) is 6.09. The molecule has 96 valence electrons. The number of rotatable bonds is 4. The highest BCUT2D eigenvalue weighted by molar-refractivity contribution is 5.80. The zero-order valence-electron chi connectivity index (χ0n) is 10.4. The highest BCUT2D eigenvalue weighted by Crippen LogP contribution is 2.20. The lowest BCUT2D eigenvalue weighted by Crippen LogP contribution is -2.51. The molecule has 0 unspecified atom stereocenters. The molecule has 1 aliphatic rings. The van der Waals surface area contributed by atoms with Gasteiger partial charge in [0, 0.05) is 19.0 Å². The highest BCUT2D eigenvalue weighted by Gasteiger charge is 2.31. The molecule has 0 saturated carbocycles. The van der Waals surface area contributed by atoms with E-state index in [2.05, 4.69) is 0 Å². The van der Waals surface area contributed by atoms with E-state index < -0.39 is 5.97 Å². The molecule has 0 atom stereocenters. The van der Waals surface area contributed by atoms with Crippen LogP contribution in [0.2, 0.25) is 0 Å². The van der Waals surface area contributed by atoms with Gasteiger partial charge in [-0.2, -0.15) is 0 Å². The summed E-state index contributed by atoms with van der Waals surface area (Å²) in [6, 6.07) is 7.90. The van der Waals surface area contributed by atoms with Gasteiger partial charge in [0.15, 0.2) is 0 Å². The van der Waals surface area contributed by atoms with Crippen LogP contribution in [0, 0.1) is 12.8 Å². The Morgan fingerprint density at radius 2 is 2.11 bits per heavy atom. The number of amides is 1. The second-order valence-corrected chi connectivity index (χ2v) is 4.93. The number of likely N-dealkylation sites (tertiary alicyclic amines) is 1. The molecule has 1 saturated heterocycles. The van der Waals surface area contributed by atoms with Crippen LogP contribution in [-0.2, 0) is 16.0 Å². The van der Waals surface area contributed by atoms with E-state index in [0.29, 0.717) is 19.5 Å². The third-order valence-electron chi connectivity index (χ3n) is 3.21. The molecule has 0 radical (unpaired) electrons. The summed E-state index contributed by atoms with van der Waals surface area (Å²) >= 11 is 0. The van der Waals surface area contributed by atoms with Crippen molar-refractivity contribution in [3.8, 4) is 0 Å². The van der Waals surface area contributed by atoms with Crippen LogP contribution in [0.1, 0.15) is 17.5 Å². The van der Waals surface area contributed by atoms with Crippen molar-refractivity contribution in [2.75, 3.05) is 13.1 Å². The first-order valence-corrected chi connectivity index (χ1v) is 6.09. The molecule has 0 bridgehead atoms. The minimum Gasteiger partial charge on any atom is -0.481 e. The average molecular weight is 247 g/mol. The number of carbonyl (C=O) groups is 2. The zero-order valence-corrected chi connectivity index (χ0v) is 10.4. The van der Waals surface area contributed by atoms with Gasteiger partial charge in [0.25, 0.3) is 0 Å². The van der Waals surface area contributed by atoms with E-state index in [4.69, 9.17) is 5.11 Å². The molecule has 1 fully saturated rings. The fourth-order valence-electron chi connectivity index (χ4n) is 2.26. The molecule has 4 heteroatoms. The topological polar surface area (TPSA) is 57.6 Å². The molecule has 1 amide bonds. The van der Waals surface area contributed by atoms with Crippen molar-refractivity contribution in [2.45, 2.75) is 19.8 Å². The molecule has 1 N–H and O–H groups in total. The number of carboxylic acids is 1. The minimum absolute atomic E-state index is 0.0854. The molecule has 1 aromatic carbocycles. The van der Waals surface area contributed by atoms with Gasteiger partial charge in [-0.1, -0.05) is 29.8 Å². The van der Waals surface area contributed by atoms with E-state index in [1.54, 1.807) is 4.90 Å². The fourth-order valence-corrected chi connectivity index (χ4v) is 2.26. The Hall–Kier alpha value is -1.84. The summed E-state index contributed by atoms with van der Waals surface area (Å²) in [6.07, 6.45) is 0.565. The summed E-state index contributed by atoms with van der Waals surface area (Å²) in [5.74, 6) is -0.572. The highest BCUT2D eigenvalue weighted by atomic mass is 16.4. The summed E-state index contributed by atoms with van der Waals surface area (Å²) in [5, 5.41) is 8.64. The predicted octanol–water partition coefficient (Wildman–Crippen LogP) is 1.47. The monoisotopic (exact) mass is 247 g/mol. The first kappa shape index (κ1) is 12.6. The van der Waals surface area contributed by atoms with Crippen molar-refractivity contribution < 1.29 is 14.7 Å². The van der Waals surface area contributed by atoms with Crippen LogP contribution in [0.4, 0.5) is 0 Å². The van der Waals surface area contributed by atoms with Crippen LogP contribution >= 0.6 is 0 Å². The van der Waals surface area contributed by atoms with Crippen molar-refractivity contribution in [3.63, 3.8) is 0 Å². The first-order chi connectivity index (χ1) is 8.54. The molecular formula is C14H17NO3. The van der Waals surface area contributed by atoms with Crippen molar-refractivity contribution in [1.82, 2.24) is 4.90 Å². The van der Waals surface area contributed by atoms with Gasteiger partial charge in [0.1, 0.15) is 0 Å². The fraction of sp³-hybridized carbons (Fsp3) is 0.429. The van der Waals surface area contributed by atoms with E-state index >= 15 is 0 Å². The molecule has 18 heavy (non-hydrogen) atoms. The van der Waals surface area contributed by atoms with Gasteiger partial charge in [-0.15, -0.1) is 0 Å². The lowest BCUT2D eigenvalue weighted by atomic mass is 9.95. The Kier molecular flexibility index (Phi) is 3.65. The van der Waals surface area contributed by atoms with Gasteiger partial charge in [0.2, 0.25) is 5.91 Å². The molecule has 0 aliphatic carbocycles. The largest absolute Gasteiger partial charge is 0.481 e. The maximum absolute atomic E-state index is 11.9. The number of aryl methyl sites for hydroxylation is 1. The second kappa shape index (κ2) is 5.21. The number of hydrogen-bond donors (Lipinski definition) is 1. The van der Waals surface area contributed by atoms with Crippen LogP contribution in [0.15, 0.2) is 24.3 Å². The number of aliphatic carboxylic acids is 1. The van der Waals surface area contributed by atoms with Crippen LogP contribution in [-0.4, -0.2) is 35.0 Å². The minimum atomic E-state index is -0.786. The molecule has 1 heterocycles. The molecule has 0 aromatic heterocycles. The van der Waals surface area contributed by atoms with Gasteiger partial charge in [-0.3, -0.25) is 9.59 Å². The molecule has 1 aliphatic heterocycles. The van der Waals surface area contributed by atoms with Crippen molar-refractivity contribution in [3.05, 3.63) is 35.4 Å². The summed E-state index contributed by atoms with van der Waals surface area (Å²) < 4.78 is 0. The molecule has 4 nitrogen and oxygen atoms in total. The normalized spacial score (nSPS) is 15.3. The predicted molar refractivity (Wildman–Crippen MR) is 67.2 cm³/mol. The second-order valence-electron chi connectivity index (χ2n) is 4.93. The maximum atomic E-state index is 11.9. The van der Waals surface area contributed by atoms with E-state index in [1.165, 1.54) is 0 Å². The number of hydrogen-bond acceptors (Lipinski definition) is 2. The molecule has 1 aromatic rings. The van der Waals surface area contributed by atoms with E-state index in [-0.39, 0.29) is 18.2 Å². The molecule has 0 spiro atoms. The maximum Gasteiger partial charge on any atom is 0.303 e. The third-order valence-corrected chi connectivity index (χ3v) is 3.21. The SMILES string of the molecule is Cc1cccc(CC(=O)N2CC(CC(=O)O)C2)c1. The number of carboxylic acid groups (broad SMARTS) is 1. The lowest BCUT2D eigenvalue weighted by Gasteiger charge is -2.38. The summed E-state index contributed by atoms with van der Waals surface area (Å²) in [4.78, 5) is 24.2. The van der Waals surface area contributed by atoms with Gasteiger partial charge in [-0.25, -0.2) is 0 Å². The third kappa shape index (κ3) is 3.09. The van der Waals surface area contributed by atoms with Crippen LogP contribution in [0.5, 0.6) is 0 Å². The Bertz CT molecular complexity index is 464. The molecule has 2 rings (SSSR count). The zero-order chi connectivity index (χ0) is 13.1. The van der Waals surface area contributed by atoms with E-state index in [9.17, 15) is 9.59 Å².